The Kier molecular flexibility index (Phi) is 5.95. The van der Waals surface area contributed by atoms with Gasteiger partial charge in [0.15, 0.2) is 0 Å². The molecule has 0 aliphatic carbocycles. The minimum Gasteiger partial charge on any atom is -0.481 e. The molecule has 2 rings (SSSR count). The zero-order valence-electron chi connectivity index (χ0n) is 12.9. The number of likely N-dealkylation sites (tertiary alicyclic amines) is 1. The number of carbonyl (C=O) groups is 2. The van der Waals surface area contributed by atoms with Gasteiger partial charge in [-0.3, -0.25) is 9.59 Å². The number of amides is 1. The van der Waals surface area contributed by atoms with Crippen LogP contribution in [0.5, 0.6) is 0 Å². The van der Waals surface area contributed by atoms with E-state index in [0.29, 0.717) is 26.1 Å². The van der Waals surface area contributed by atoms with Crippen LogP contribution in [0.25, 0.3) is 0 Å². The fourth-order valence-corrected chi connectivity index (χ4v) is 2.98. The van der Waals surface area contributed by atoms with Gasteiger partial charge in [-0.2, -0.15) is 0 Å². The van der Waals surface area contributed by atoms with Crippen molar-refractivity contribution < 1.29 is 19.4 Å². The predicted molar refractivity (Wildman–Crippen MR) is 82.6 cm³/mol. The lowest BCUT2D eigenvalue weighted by Crippen LogP contribution is -2.29. The van der Waals surface area contributed by atoms with Crippen molar-refractivity contribution in [2.45, 2.75) is 25.2 Å². The van der Waals surface area contributed by atoms with Crippen molar-refractivity contribution in [1.29, 1.82) is 0 Å². The Hall–Kier alpha value is -1.88. The molecule has 1 amide bonds. The maximum atomic E-state index is 12.2. The van der Waals surface area contributed by atoms with Gasteiger partial charge in [0.2, 0.25) is 5.91 Å². The van der Waals surface area contributed by atoms with E-state index >= 15 is 0 Å². The maximum absolute atomic E-state index is 12.2. The van der Waals surface area contributed by atoms with E-state index in [1.54, 1.807) is 12.0 Å². The van der Waals surface area contributed by atoms with Crippen molar-refractivity contribution in [2.75, 3.05) is 26.8 Å². The van der Waals surface area contributed by atoms with E-state index in [4.69, 9.17) is 4.74 Å². The van der Waals surface area contributed by atoms with Gasteiger partial charge in [0.1, 0.15) is 0 Å². The summed E-state index contributed by atoms with van der Waals surface area (Å²) in [5.74, 6) is -1.43. The Labute approximate surface area is 130 Å². The minimum atomic E-state index is -0.830. The van der Waals surface area contributed by atoms with Crippen molar-refractivity contribution in [3.8, 4) is 0 Å². The Bertz CT molecular complexity index is 503. The molecular formula is C17H23NO4. The second kappa shape index (κ2) is 7.94. The summed E-state index contributed by atoms with van der Waals surface area (Å²) in [5.41, 5.74) is 0.990. The summed E-state index contributed by atoms with van der Waals surface area (Å²) in [6.45, 7) is 1.44. The molecule has 1 saturated heterocycles. The predicted octanol–water partition coefficient (Wildman–Crippen LogP) is 2.13. The number of rotatable bonds is 7. The summed E-state index contributed by atoms with van der Waals surface area (Å²) >= 11 is 0. The first-order chi connectivity index (χ1) is 10.6. The van der Waals surface area contributed by atoms with Gasteiger partial charge in [-0.05, 0) is 18.4 Å². The summed E-state index contributed by atoms with van der Waals surface area (Å²) in [6, 6.07) is 9.60. The molecule has 120 valence electrons. The molecule has 0 saturated carbocycles. The van der Waals surface area contributed by atoms with E-state index in [-0.39, 0.29) is 11.8 Å². The molecule has 2 unspecified atom stereocenters. The number of hydrogen-bond acceptors (Lipinski definition) is 3. The molecule has 1 N–H and O–H groups in total. The lowest BCUT2D eigenvalue weighted by atomic mass is 9.89. The SMILES string of the molecule is COCCCCC(=O)N1CC(C(=O)O)C(c2ccccc2)C1. The Morgan fingerprint density at radius 3 is 2.59 bits per heavy atom. The van der Waals surface area contributed by atoms with E-state index in [0.717, 1.165) is 18.4 Å². The van der Waals surface area contributed by atoms with E-state index in [2.05, 4.69) is 0 Å². The Morgan fingerprint density at radius 1 is 1.23 bits per heavy atom. The van der Waals surface area contributed by atoms with Crippen molar-refractivity contribution in [2.24, 2.45) is 5.92 Å². The number of carboxylic acid groups (broad SMARTS) is 1. The van der Waals surface area contributed by atoms with Crippen LogP contribution in [0.3, 0.4) is 0 Å². The lowest BCUT2D eigenvalue weighted by molar-refractivity contribution is -0.141. The third kappa shape index (κ3) is 4.07. The summed E-state index contributed by atoms with van der Waals surface area (Å²) in [5, 5.41) is 9.44. The molecule has 0 radical (unpaired) electrons. The molecule has 5 nitrogen and oxygen atoms in total. The number of hydrogen-bond donors (Lipinski definition) is 1. The van der Waals surface area contributed by atoms with Crippen LogP contribution >= 0.6 is 0 Å². The van der Waals surface area contributed by atoms with Crippen LogP contribution in [0.2, 0.25) is 0 Å². The molecule has 1 aliphatic rings. The van der Waals surface area contributed by atoms with Gasteiger partial charge in [0, 0.05) is 39.1 Å². The summed E-state index contributed by atoms with van der Waals surface area (Å²) in [4.78, 5) is 25.4. The van der Waals surface area contributed by atoms with Gasteiger partial charge in [0.25, 0.3) is 0 Å². The zero-order valence-corrected chi connectivity index (χ0v) is 12.9. The number of ether oxygens (including phenoxy) is 1. The summed E-state index contributed by atoms with van der Waals surface area (Å²) in [6.07, 6.45) is 2.08. The third-order valence-electron chi connectivity index (χ3n) is 4.21. The topological polar surface area (TPSA) is 66.8 Å². The van der Waals surface area contributed by atoms with Crippen LogP contribution in [-0.2, 0) is 14.3 Å². The molecule has 0 aromatic heterocycles. The highest BCUT2D eigenvalue weighted by Crippen LogP contribution is 2.33. The van der Waals surface area contributed by atoms with Gasteiger partial charge in [-0.25, -0.2) is 0 Å². The summed E-state index contributed by atoms with van der Waals surface area (Å²) in [7, 11) is 1.64. The van der Waals surface area contributed by atoms with Crippen molar-refractivity contribution in [3.05, 3.63) is 35.9 Å². The monoisotopic (exact) mass is 305 g/mol. The van der Waals surface area contributed by atoms with Crippen molar-refractivity contribution in [3.63, 3.8) is 0 Å². The van der Waals surface area contributed by atoms with Crippen LogP contribution in [0, 0.1) is 5.92 Å². The van der Waals surface area contributed by atoms with Crippen molar-refractivity contribution in [1.82, 2.24) is 4.90 Å². The van der Waals surface area contributed by atoms with E-state index in [1.165, 1.54) is 0 Å². The van der Waals surface area contributed by atoms with E-state index < -0.39 is 11.9 Å². The van der Waals surface area contributed by atoms with Gasteiger partial charge in [-0.15, -0.1) is 0 Å². The lowest BCUT2D eigenvalue weighted by Gasteiger charge is -2.16. The highest BCUT2D eigenvalue weighted by molar-refractivity contribution is 5.79. The molecule has 0 spiro atoms. The van der Waals surface area contributed by atoms with Gasteiger partial charge in [-0.1, -0.05) is 30.3 Å². The van der Waals surface area contributed by atoms with Crippen LogP contribution in [0.15, 0.2) is 30.3 Å². The number of nitrogens with zero attached hydrogens (tertiary/aromatic N) is 1. The second-order valence-corrected chi connectivity index (χ2v) is 5.71. The number of carbonyl (C=O) groups excluding carboxylic acids is 1. The maximum Gasteiger partial charge on any atom is 0.308 e. The highest BCUT2D eigenvalue weighted by Gasteiger charge is 2.40. The summed E-state index contributed by atoms with van der Waals surface area (Å²) < 4.78 is 4.97. The molecule has 0 bridgehead atoms. The molecule has 1 heterocycles. The Morgan fingerprint density at radius 2 is 1.95 bits per heavy atom. The fourth-order valence-electron chi connectivity index (χ4n) is 2.98. The molecule has 1 aromatic carbocycles. The van der Waals surface area contributed by atoms with Crippen LogP contribution in [0.4, 0.5) is 0 Å². The number of methoxy groups -OCH3 is 1. The molecule has 5 heteroatoms. The average molecular weight is 305 g/mol. The van der Waals surface area contributed by atoms with Crippen LogP contribution in [0.1, 0.15) is 30.7 Å². The molecule has 1 aliphatic heterocycles. The van der Waals surface area contributed by atoms with E-state index in [1.807, 2.05) is 30.3 Å². The first-order valence-corrected chi connectivity index (χ1v) is 7.68. The molecule has 1 fully saturated rings. The number of unbranched alkanes of at least 4 members (excludes halogenated alkanes) is 1. The third-order valence-corrected chi connectivity index (χ3v) is 4.21. The zero-order chi connectivity index (χ0) is 15.9. The minimum absolute atomic E-state index is 0.0424. The molecule has 22 heavy (non-hydrogen) atoms. The molecular weight excluding hydrogens is 282 g/mol. The highest BCUT2D eigenvalue weighted by atomic mass is 16.5. The number of aliphatic carboxylic acids is 1. The van der Waals surface area contributed by atoms with Crippen LogP contribution < -0.4 is 0 Å². The van der Waals surface area contributed by atoms with Gasteiger partial charge in [0.05, 0.1) is 5.92 Å². The normalized spacial score (nSPS) is 21.0. The number of carboxylic acids is 1. The van der Waals surface area contributed by atoms with Gasteiger partial charge < -0.3 is 14.7 Å². The Balaban J connectivity index is 1.98. The largest absolute Gasteiger partial charge is 0.481 e. The fraction of sp³-hybridized carbons (Fsp3) is 0.529. The first kappa shape index (κ1) is 16.5. The first-order valence-electron chi connectivity index (χ1n) is 7.68. The standard InChI is InChI=1S/C17H23NO4/c1-22-10-6-5-9-16(19)18-11-14(15(12-18)17(20)21)13-7-3-2-4-8-13/h2-4,7-8,14-15H,5-6,9-12H2,1H3,(H,20,21). The second-order valence-electron chi connectivity index (χ2n) is 5.71. The average Bonchev–Trinajstić information content (AvgIpc) is 2.98. The quantitative estimate of drug-likeness (QED) is 0.784. The van der Waals surface area contributed by atoms with Crippen molar-refractivity contribution >= 4 is 11.9 Å². The number of benzene rings is 1. The van der Waals surface area contributed by atoms with E-state index in [9.17, 15) is 14.7 Å². The van der Waals surface area contributed by atoms with Gasteiger partial charge >= 0.3 is 5.97 Å². The molecule has 1 aromatic rings. The van der Waals surface area contributed by atoms with Crippen LogP contribution in [-0.4, -0.2) is 48.7 Å². The molecule has 2 atom stereocenters. The smallest absolute Gasteiger partial charge is 0.308 e.